The summed E-state index contributed by atoms with van der Waals surface area (Å²) >= 11 is 0. The molecular weight excluding hydrogens is 258 g/mol. The van der Waals surface area contributed by atoms with Crippen molar-refractivity contribution in [3.63, 3.8) is 0 Å². The van der Waals surface area contributed by atoms with E-state index in [-0.39, 0.29) is 13.2 Å². The van der Waals surface area contributed by atoms with E-state index in [0.29, 0.717) is 6.61 Å². The fourth-order valence-corrected chi connectivity index (χ4v) is 1.46. The van der Waals surface area contributed by atoms with E-state index in [0.717, 1.165) is 5.56 Å². The first-order valence-electron chi connectivity index (χ1n) is 6.63. The highest BCUT2D eigenvalue weighted by atomic mass is 16.6. The molecule has 0 aliphatic carbocycles. The molecule has 0 bridgehead atoms. The molecule has 0 aromatic heterocycles. The largest absolute Gasteiger partial charge is 0.444 e. The molecule has 20 heavy (non-hydrogen) atoms. The van der Waals surface area contributed by atoms with Crippen LogP contribution in [0.3, 0.4) is 0 Å². The molecule has 1 aromatic rings. The summed E-state index contributed by atoms with van der Waals surface area (Å²) in [5, 5.41) is 12.2. The topological polar surface area (TPSA) is 67.8 Å². The maximum Gasteiger partial charge on any atom is 0.407 e. The maximum atomic E-state index is 11.4. The number of benzene rings is 1. The van der Waals surface area contributed by atoms with Crippen molar-refractivity contribution >= 4 is 6.09 Å². The number of carbonyl (C=O) groups excluding carboxylic acids is 1. The van der Waals surface area contributed by atoms with Crippen molar-refractivity contribution in [3.8, 4) is 0 Å². The van der Waals surface area contributed by atoms with Crippen LogP contribution in [0.25, 0.3) is 0 Å². The second-order valence-electron chi connectivity index (χ2n) is 5.54. The molecule has 0 spiro atoms. The van der Waals surface area contributed by atoms with E-state index in [4.69, 9.17) is 9.47 Å². The Bertz CT molecular complexity index is 400. The van der Waals surface area contributed by atoms with Gasteiger partial charge in [-0.25, -0.2) is 4.79 Å². The van der Waals surface area contributed by atoms with Crippen molar-refractivity contribution in [2.45, 2.75) is 39.1 Å². The standard InChI is InChI=1S/C15H23NO4/c1-15(2,3)20-14(18)16-9-13(17)11-19-10-12-7-5-4-6-8-12/h4-8,13,17H,9-11H2,1-3H3,(H,16,18)/t13-/m1/s1. The van der Waals surface area contributed by atoms with Gasteiger partial charge in [0.1, 0.15) is 5.60 Å². The predicted molar refractivity (Wildman–Crippen MR) is 76.3 cm³/mol. The van der Waals surface area contributed by atoms with E-state index in [1.807, 2.05) is 30.3 Å². The van der Waals surface area contributed by atoms with Crippen LogP contribution in [0.1, 0.15) is 26.3 Å². The van der Waals surface area contributed by atoms with Gasteiger partial charge in [0.25, 0.3) is 0 Å². The third-order valence-corrected chi connectivity index (χ3v) is 2.30. The Kier molecular flexibility index (Phi) is 6.48. The van der Waals surface area contributed by atoms with Crippen LogP contribution < -0.4 is 5.32 Å². The highest BCUT2D eigenvalue weighted by Crippen LogP contribution is 2.06. The van der Waals surface area contributed by atoms with Gasteiger partial charge >= 0.3 is 6.09 Å². The summed E-state index contributed by atoms with van der Waals surface area (Å²) < 4.78 is 10.4. The molecule has 0 saturated heterocycles. The Morgan fingerprint density at radius 1 is 1.30 bits per heavy atom. The zero-order valence-electron chi connectivity index (χ0n) is 12.3. The van der Waals surface area contributed by atoms with Gasteiger partial charge in [-0.2, -0.15) is 0 Å². The molecule has 0 fully saturated rings. The zero-order chi connectivity index (χ0) is 15.0. The lowest BCUT2D eigenvalue weighted by molar-refractivity contribution is 0.0219. The summed E-state index contributed by atoms with van der Waals surface area (Å²) in [4.78, 5) is 11.4. The number of hydrogen-bond acceptors (Lipinski definition) is 4. The lowest BCUT2D eigenvalue weighted by atomic mass is 10.2. The predicted octanol–water partition coefficient (Wildman–Crippen LogP) is 2.09. The number of rotatable bonds is 6. The molecule has 2 N–H and O–H groups in total. The Labute approximate surface area is 119 Å². The van der Waals surface area contributed by atoms with Crippen LogP contribution in [0.4, 0.5) is 4.79 Å². The third-order valence-electron chi connectivity index (χ3n) is 2.30. The van der Waals surface area contributed by atoms with Crippen LogP contribution in [0, 0.1) is 0 Å². The van der Waals surface area contributed by atoms with Crippen molar-refractivity contribution < 1.29 is 19.4 Å². The number of aliphatic hydroxyl groups is 1. The SMILES string of the molecule is CC(C)(C)OC(=O)NC[C@@H](O)COCc1ccccc1. The molecule has 0 unspecified atom stereocenters. The molecule has 0 aliphatic heterocycles. The fraction of sp³-hybridized carbons (Fsp3) is 0.533. The molecule has 0 saturated carbocycles. The summed E-state index contributed by atoms with van der Waals surface area (Å²) in [7, 11) is 0. The molecule has 0 radical (unpaired) electrons. The van der Waals surface area contributed by atoms with Gasteiger partial charge in [-0.1, -0.05) is 30.3 Å². The van der Waals surface area contributed by atoms with Crippen molar-refractivity contribution in [1.29, 1.82) is 0 Å². The maximum absolute atomic E-state index is 11.4. The molecule has 1 aromatic carbocycles. The quantitative estimate of drug-likeness (QED) is 0.838. The van der Waals surface area contributed by atoms with Crippen LogP contribution in [-0.2, 0) is 16.1 Å². The van der Waals surface area contributed by atoms with Gasteiger partial charge in [-0.05, 0) is 26.3 Å². The van der Waals surface area contributed by atoms with E-state index < -0.39 is 17.8 Å². The van der Waals surface area contributed by atoms with Crippen molar-refractivity contribution in [1.82, 2.24) is 5.32 Å². The number of ether oxygens (including phenoxy) is 2. The van der Waals surface area contributed by atoms with Crippen LogP contribution in [-0.4, -0.2) is 36.1 Å². The van der Waals surface area contributed by atoms with Gasteiger partial charge in [0.2, 0.25) is 0 Å². The number of alkyl carbamates (subject to hydrolysis) is 1. The van der Waals surface area contributed by atoms with Crippen molar-refractivity contribution in [2.75, 3.05) is 13.2 Å². The van der Waals surface area contributed by atoms with Gasteiger partial charge < -0.3 is 19.9 Å². The summed E-state index contributed by atoms with van der Waals surface area (Å²) in [6, 6.07) is 9.69. The second-order valence-corrected chi connectivity index (χ2v) is 5.54. The minimum absolute atomic E-state index is 0.101. The summed E-state index contributed by atoms with van der Waals surface area (Å²) in [6.45, 7) is 6.04. The Morgan fingerprint density at radius 3 is 2.55 bits per heavy atom. The van der Waals surface area contributed by atoms with Gasteiger partial charge in [0.15, 0.2) is 0 Å². The van der Waals surface area contributed by atoms with Crippen molar-refractivity contribution in [3.05, 3.63) is 35.9 Å². The van der Waals surface area contributed by atoms with E-state index >= 15 is 0 Å². The lowest BCUT2D eigenvalue weighted by Crippen LogP contribution is -2.38. The number of carbonyl (C=O) groups is 1. The molecule has 0 aliphatic rings. The van der Waals surface area contributed by atoms with Crippen LogP contribution in [0.5, 0.6) is 0 Å². The monoisotopic (exact) mass is 281 g/mol. The van der Waals surface area contributed by atoms with Gasteiger partial charge in [0.05, 0.1) is 19.3 Å². The van der Waals surface area contributed by atoms with Gasteiger partial charge in [-0.3, -0.25) is 0 Å². The average molecular weight is 281 g/mol. The molecule has 1 atom stereocenters. The summed E-state index contributed by atoms with van der Waals surface area (Å²) in [5.74, 6) is 0. The smallest absolute Gasteiger partial charge is 0.407 e. The first kappa shape index (κ1) is 16.5. The molecule has 1 rings (SSSR count). The third kappa shape index (κ3) is 7.76. The Balaban J connectivity index is 2.14. The van der Waals surface area contributed by atoms with E-state index in [9.17, 15) is 9.90 Å². The number of amides is 1. The zero-order valence-corrected chi connectivity index (χ0v) is 12.3. The molecule has 1 amide bonds. The van der Waals surface area contributed by atoms with Gasteiger partial charge in [0, 0.05) is 6.54 Å². The summed E-state index contributed by atoms with van der Waals surface area (Å²) in [6.07, 6.45) is -1.30. The van der Waals surface area contributed by atoms with Crippen LogP contribution >= 0.6 is 0 Å². The first-order valence-corrected chi connectivity index (χ1v) is 6.63. The highest BCUT2D eigenvalue weighted by molar-refractivity contribution is 5.67. The van der Waals surface area contributed by atoms with Crippen molar-refractivity contribution in [2.24, 2.45) is 0 Å². The minimum atomic E-state index is -0.758. The Hall–Kier alpha value is -1.59. The molecule has 5 heteroatoms. The highest BCUT2D eigenvalue weighted by Gasteiger charge is 2.16. The van der Waals surface area contributed by atoms with E-state index in [1.165, 1.54) is 0 Å². The first-order chi connectivity index (χ1) is 9.37. The number of nitrogens with one attached hydrogen (secondary N) is 1. The lowest BCUT2D eigenvalue weighted by Gasteiger charge is -2.20. The fourth-order valence-electron chi connectivity index (χ4n) is 1.46. The van der Waals surface area contributed by atoms with Crippen LogP contribution in [0.2, 0.25) is 0 Å². The minimum Gasteiger partial charge on any atom is -0.444 e. The second kappa shape index (κ2) is 7.87. The molecule has 0 heterocycles. The van der Waals surface area contributed by atoms with Crippen LogP contribution in [0.15, 0.2) is 30.3 Å². The van der Waals surface area contributed by atoms with Gasteiger partial charge in [-0.15, -0.1) is 0 Å². The molecule has 112 valence electrons. The van der Waals surface area contributed by atoms with E-state index in [2.05, 4.69) is 5.32 Å². The Morgan fingerprint density at radius 2 is 1.95 bits per heavy atom. The number of aliphatic hydroxyl groups excluding tert-OH is 1. The normalized spacial score (nSPS) is 12.8. The average Bonchev–Trinajstić information content (AvgIpc) is 2.36. The summed E-state index contributed by atoms with van der Waals surface area (Å²) in [5.41, 5.74) is 0.499. The molecular formula is C15H23NO4. The molecule has 5 nitrogen and oxygen atoms in total. The van der Waals surface area contributed by atoms with E-state index in [1.54, 1.807) is 20.8 Å². The number of hydrogen-bond donors (Lipinski definition) is 2.